The summed E-state index contributed by atoms with van der Waals surface area (Å²) in [5.41, 5.74) is 0.265. The van der Waals surface area contributed by atoms with Gasteiger partial charge in [-0.1, -0.05) is 41.7 Å². The van der Waals surface area contributed by atoms with Gasteiger partial charge in [-0.15, -0.1) is 11.8 Å². The molecule has 1 fully saturated rings. The van der Waals surface area contributed by atoms with Crippen LogP contribution in [0.4, 0.5) is 0 Å². The average molecular weight is 345 g/mol. The lowest BCUT2D eigenvalue weighted by atomic mass is 10.1. The number of hydrogen-bond acceptors (Lipinski definition) is 4. The summed E-state index contributed by atoms with van der Waals surface area (Å²) in [6.07, 6.45) is 3.08. The van der Waals surface area contributed by atoms with E-state index in [2.05, 4.69) is 0 Å². The molecule has 106 valence electrons. The molecule has 1 unspecified atom stereocenters. The number of fused-ring (bicyclic) bond motifs is 1. The second kappa shape index (κ2) is 5.72. The average Bonchev–Trinajstić information content (AvgIpc) is 2.32. The van der Waals surface area contributed by atoms with E-state index in [9.17, 15) is 9.59 Å². The first-order valence-electron chi connectivity index (χ1n) is 5.75. The van der Waals surface area contributed by atoms with Crippen molar-refractivity contribution in [1.82, 2.24) is 4.90 Å². The molecule has 2 rings (SSSR count). The Morgan fingerprint density at radius 1 is 1.58 bits per heavy atom. The Hall–Kier alpha value is -0.100. The zero-order valence-electron chi connectivity index (χ0n) is 10.1. The van der Waals surface area contributed by atoms with Gasteiger partial charge in [0.05, 0.1) is 11.8 Å². The second-order valence-corrected chi connectivity index (χ2v) is 8.19. The predicted molar refractivity (Wildman–Crippen MR) is 76.3 cm³/mol. The fourth-order valence-electron chi connectivity index (χ4n) is 1.88. The molecule has 2 aliphatic heterocycles. The van der Waals surface area contributed by atoms with Gasteiger partial charge in [-0.25, -0.2) is 4.79 Å². The Balaban J connectivity index is 2.09. The van der Waals surface area contributed by atoms with Gasteiger partial charge in [0.25, 0.3) is 0 Å². The van der Waals surface area contributed by atoms with Gasteiger partial charge < -0.3 is 4.74 Å². The minimum absolute atomic E-state index is 0.0257. The highest BCUT2D eigenvalue weighted by atomic mass is 35.6. The minimum atomic E-state index is -1.65. The Morgan fingerprint density at radius 2 is 2.26 bits per heavy atom. The lowest BCUT2D eigenvalue weighted by molar-refractivity contribution is -0.149. The molecule has 4 nitrogen and oxygen atoms in total. The number of carbonyl (C=O) groups excluding carboxylic acids is 2. The van der Waals surface area contributed by atoms with Crippen LogP contribution in [0.5, 0.6) is 0 Å². The van der Waals surface area contributed by atoms with Gasteiger partial charge in [-0.2, -0.15) is 0 Å². The van der Waals surface area contributed by atoms with E-state index in [1.54, 1.807) is 17.8 Å². The largest absolute Gasteiger partial charge is 0.456 e. The molecular formula is C11H12Cl3NO3S. The fraction of sp³-hybridized carbons (Fsp3) is 0.636. The van der Waals surface area contributed by atoms with Crippen molar-refractivity contribution < 1.29 is 14.3 Å². The molecule has 2 atom stereocenters. The van der Waals surface area contributed by atoms with Crippen molar-refractivity contribution >= 4 is 58.4 Å². The Bertz CT molecular complexity index is 435. The van der Waals surface area contributed by atoms with Gasteiger partial charge in [0, 0.05) is 5.25 Å². The number of amides is 1. The van der Waals surface area contributed by atoms with Crippen LogP contribution in [-0.2, 0) is 14.3 Å². The van der Waals surface area contributed by atoms with Crippen LogP contribution in [0.2, 0.25) is 0 Å². The maximum atomic E-state index is 12.0. The third-order valence-corrected chi connectivity index (χ3v) is 4.66. The lowest BCUT2D eigenvalue weighted by Gasteiger charge is -2.44. The van der Waals surface area contributed by atoms with E-state index in [0.717, 1.165) is 6.42 Å². The van der Waals surface area contributed by atoms with Crippen molar-refractivity contribution in [2.45, 2.75) is 34.2 Å². The van der Waals surface area contributed by atoms with Crippen molar-refractivity contribution in [3.05, 3.63) is 11.8 Å². The van der Waals surface area contributed by atoms with Crippen LogP contribution < -0.4 is 0 Å². The zero-order chi connectivity index (χ0) is 14.2. The summed E-state index contributed by atoms with van der Waals surface area (Å²) >= 11 is 18.3. The topological polar surface area (TPSA) is 46.6 Å². The Kier molecular flexibility index (Phi) is 4.60. The van der Waals surface area contributed by atoms with Crippen molar-refractivity contribution in [2.75, 3.05) is 6.61 Å². The van der Waals surface area contributed by atoms with Gasteiger partial charge in [-0.05, 0) is 12.5 Å². The fourth-order valence-corrected chi connectivity index (χ4v) is 3.44. The van der Waals surface area contributed by atoms with E-state index >= 15 is 0 Å². The van der Waals surface area contributed by atoms with Crippen LogP contribution in [0.1, 0.15) is 19.8 Å². The highest BCUT2D eigenvalue weighted by molar-refractivity contribution is 8.00. The standard InChI is InChI=1S/C11H12Cl3NO3S/c1-2-6-3-7(10(17)18-5-11(12,13)14)15-8(16)4-9(15)19-6/h3,6,9H,2,4-5H2,1H3/t6?,9-/m1/s1. The van der Waals surface area contributed by atoms with E-state index in [4.69, 9.17) is 39.5 Å². The highest BCUT2D eigenvalue weighted by Gasteiger charge is 2.45. The summed E-state index contributed by atoms with van der Waals surface area (Å²) in [7, 11) is 0. The molecule has 0 aromatic carbocycles. The number of thioether (sulfide) groups is 1. The number of hydrogen-bond donors (Lipinski definition) is 0. The number of carbonyl (C=O) groups is 2. The molecule has 0 spiro atoms. The molecule has 1 amide bonds. The molecule has 0 aromatic heterocycles. The first-order chi connectivity index (χ1) is 8.81. The van der Waals surface area contributed by atoms with Crippen LogP contribution in [0.15, 0.2) is 11.8 Å². The molecule has 2 aliphatic rings. The van der Waals surface area contributed by atoms with Crippen LogP contribution >= 0.6 is 46.6 Å². The predicted octanol–water partition coefficient (Wildman–Crippen LogP) is 2.87. The van der Waals surface area contributed by atoms with Crippen molar-refractivity contribution in [3.8, 4) is 0 Å². The molecule has 2 heterocycles. The van der Waals surface area contributed by atoms with E-state index in [0.29, 0.717) is 6.42 Å². The van der Waals surface area contributed by atoms with Gasteiger partial charge >= 0.3 is 5.97 Å². The SMILES string of the molecule is CCC1C=C(C(=O)OCC(Cl)(Cl)Cl)N2C(=O)C[C@H]2S1. The summed E-state index contributed by atoms with van der Waals surface area (Å²) in [5.74, 6) is -0.702. The van der Waals surface area contributed by atoms with Crippen molar-refractivity contribution in [3.63, 3.8) is 0 Å². The Morgan fingerprint density at radius 3 is 2.79 bits per heavy atom. The first-order valence-corrected chi connectivity index (χ1v) is 7.82. The second-order valence-electron chi connectivity index (χ2n) is 4.25. The third-order valence-electron chi connectivity index (χ3n) is 2.82. The molecule has 0 aliphatic carbocycles. The van der Waals surface area contributed by atoms with Crippen LogP contribution in [-0.4, -0.2) is 37.8 Å². The normalized spacial score (nSPS) is 26.4. The van der Waals surface area contributed by atoms with Crippen LogP contribution in [0, 0.1) is 0 Å². The van der Waals surface area contributed by atoms with E-state index < -0.39 is 9.76 Å². The molecule has 0 saturated carbocycles. The minimum Gasteiger partial charge on any atom is -0.456 e. The number of ether oxygens (including phenoxy) is 1. The summed E-state index contributed by atoms with van der Waals surface area (Å²) in [4.78, 5) is 25.0. The maximum Gasteiger partial charge on any atom is 0.354 e. The molecule has 0 radical (unpaired) electrons. The van der Waals surface area contributed by atoms with Crippen molar-refractivity contribution in [2.24, 2.45) is 0 Å². The van der Waals surface area contributed by atoms with E-state index in [1.165, 1.54) is 4.90 Å². The number of alkyl halides is 3. The van der Waals surface area contributed by atoms with Gasteiger partial charge in [0.2, 0.25) is 9.70 Å². The van der Waals surface area contributed by atoms with E-state index in [-0.39, 0.29) is 28.8 Å². The van der Waals surface area contributed by atoms with Crippen molar-refractivity contribution in [1.29, 1.82) is 0 Å². The summed E-state index contributed by atoms with van der Waals surface area (Å²) in [5, 5.41) is 0.224. The van der Waals surface area contributed by atoms with Crippen LogP contribution in [0.3, 0.4) is 0 Å². The van der Waals surface area contributed by atoms with Crippen LogP contribution in [0.25, 0.3) is 0 Å². The number of β-lactam (4-membered cyclic amide) rings is 1. The lowest BCUT2D eigenvalue weighted by Crippen LogP contribution is -2.54. The van der Waals surface area contributed by atoms with Gasteiger partial charge in [0.1, 0.15) is 12.3 Å². The quantitative estimate of drug-likeness (QED) is 0.449. The molecule has 19 heavy (non-hydrogen) atoms. The summed E-state index contributed by atoms with van der Waals surface area (Å²) in [6.45, 7) is 1.68. The number of halogens is 3. The van der Waals surface area contributed by atoms with Gasteiger partial charge in [-0.3, -0.25) is 9.69 Å². The highest BCUT2D eigenvalue weighted by Crippen LogP contribution is 2.41. The maximum absolute atomic E-state index is 12.0. The molecule has 0 N–H and O–H groups in total. The molecule has 8 heteroatoms. The number of rotatable bonds is 3. The summed E-state index contributed by atoms with van der Waals surface area (Å²) < 4.78 is 3.28. The zero-order valence-corrected chi connectivity index (χ0v) is 13.2. The molecule has 1 saturated heterocycles. The monoisotopic (exact) mass is 343 g/mol. The first kappa shape index (κ1) is 15.3. The summed E-state index contributed by atoms with van der Waals surface area (Å²) in [6, 6.07) is 0. The number of nitrogens with zero attached hydrogens (tertiary/aromatic N) is 1. The Labute approximate surface area is 130 Å². The molecule has 0 bridgehead atoms. The van der Waals surface area contributed by atoms with E-state index in [1.807, 2.05) is 6.92 Å². The molecule has 0 aromatic rings. The molecular weight excluding hydrogens is 333 g/mol. The number of esters is 1. The smallest absolute Gasteiger partial charge is 0.354 e. The third kappa shape index (κ3) is 3.51. The van der Waals surface area contributed by atoms with Gasteiger partial charge in [0.15, 0.2) is 0 Å².